The molecule has 0 aliphatic rings. The topological polar surface area (TPSA) is 80.0 Å². The molecule has 1 heterocycles. The highest BCUT2D eigenvalue weighted by Crippen LogP contribution is 2.15. The summed E-state index contributed by atoms with van der Waals surface area (Å²) >= 11 is 0. The summed E-state index contributed by atoms with van der Waals surface area (Å²) < 4.78 is 14.7. The van der Waals surface area contributed by atoms with Crippen molar-refractivity contribution in [3.8, 4) is 0 Å². The molecule has 6 nitrogen and oxygen atoms in total. The number of aromatic nitrogens is 3. The SMILES string of the molecule is CC(C)(O)c1cn(CC(=O)NCc2ccccc2F)nn1. The first kappa shape index (κ1) is 15.1. The third-order valence-corrected chi connectivity index (χ3v) is 2.90. The molecule has 7 heteroatoms. The Morgan fingerprint density at radius 3 is 2.76 bits per heavy atom. The predicted molar refractivity (Wildman–Crippen MR) is 73.5 cm³/mol. The van der Waals surface area contributed by atoms with E-state index in [9.17, 15) is 14.3 Å². The molecule has 0 fully saturated rings. The molecule has 1 aromatic carbocycles. The second kappa shape index (κ2) is 6.01. The number of nitrogens with one attached hydrogen (secondary N) is 1. The van der Waals surface area contributed by atoms with Crippen LogP contribution in [-0.4, -0.2) is 26.0 Å². The summed E-state index contributed by atoms with van der Waals surface area (Å²) in [5.41, 5.74) is -0.312. The molecule has 1 aromatic heterocycles. The number of nitrogens with zero attached hydrogens (tertiary/aromatic N) is 3. The Morgan fingerprint density at radius 1 is 1.43 bits per heavy atom. The Hall–Kier alpha value is -2.28. The minimum absolute atomic E-state index is 0.0441. The monoisotopic (exact) mass is 292 g/mol. The first-order chi connectivity index (χ1) is 9.86. The van der Waals surface area contributed by atoms with Gasteiger partial charge in [0.25, 0.3) is 0 Å². The minimum Gasteiger partial charge on any atom is -0.384 e. The average molecular weight is 292 g/mol. The summed E-state index contributed by atoms with van der Waals surface area (Å²) in [4.78, 5) is 11.8. The number of benzene rings is 1. The summed E-state index contributed by atoms with van der Waals surface area (Å²) in [5.74, 6) is -0.673. The van der Waals surface area contributed by atoms with Gasteiger partial charge in [0, 0.05) is 12.1 Å². The van der Waals surface area contributed by atoms with Gasteiger partial charge in [-0.1, -0.05) is 23.4 Å². The second-order valence-corrected chi connectivity index (χ2v) is 5.23. The van der Waals surface area contributed by atoms with Crippen LogP contribution in [0.15, 0.2) is 30.5 Å². The smallest absolute Gasteiger partial charge is 0.242 e. The van der Waals surface area contributed by atoms with Crippen LogP contribution in [0.2, 0.25) is 0 Å². The van der Waals surface area contributed by atoms with Crippen LogP contribution in [-0.2, 0) is 23.5 Å². The molecule has 2 N–H and O–H groups in total. The Kier molecular flexibility index (Phi) is 4.32. The predicted octanol–water partition coefficient (Wildman–Crippen LogP) is 0.961. The van der Waals surface area contributed by atoms with Gasteiger partial charge in [0.05, 0.1) is 6.20 Å². The fourth-order valence-corrected chi connectivity index (χ4v) is 1.69. The normalized spacial score (nSPS) is 11.4. The summed E-state index contributed by atoms with van der Waals surface area (Å²) in [6.07, 6.45) is 1.50. The molecule has 2 aromatic rings. The van der Waals surface area contributed by atoms with Crippen molar-refractivity contribution >= 4 is 5.91 Å². The second-order valence-electron chi connectivity index (χ2n) is 5.23. The summed E-state index contributed by atoms with van der Waals surface area (Å²) in [5, 5.41) is 19.9. The van der Waals surface area contributed by atoms with Crippen molar-refractivity contribution in [2.75, 3.05) is 0 Å². The number of hydrogen-bond acceptors (Lipinski definition) is 4. The molecule has 0 unspecified atom stereocenters. The van der Waals surface area contributed by atoms with E-state index < -0.39 is 5.60 Å². The first-order valence-electron chi connectivity index (χ1n) is 6.49. The molecule has 21 heavy (non-hydrogen) atoms. The van der Waals surface area contributed by atoms with E-state index in [1.54, 1.807) is 32.0 Å². The van der Waals surface area contributed by atoms with E-state index in [1.165, 1.54) is 16.9 Å². The molecule has 0 saturated carbocycles. The summed E-state index contributed by atoms with van der Waals surface area (Å²) in [7, 11) is 0. The van der Waals surface area contributed by atoms with Crippen LogP contribution in [0.25, 0.3) is 0 Å². The van der Waals surface area contributed by atoms with E-state index in [4.69, 9.17) is 0 Å². The van der Waals surface area contributed by atoms with Gasteiger partial charge in [-0.25, -0.2) is 9.07 Å². The van der Waals surface area contributed by atoms with Crippen molar-refractivity contribution in [2.45, 2.75) is 32.5 Å². The van der Waals surface area contributed by atoms with Crippen LogP contribution in [0.5, 0.6) is 0 Å². The summed E-state index contributed by atoms with van der Waals surface area (Å²) in [6, 6.07) is 6.25. The van der Waals surface area contributed by atoms with E-state index in [2.05, 4.69) is 15.6 Å². The maximum Gasteiger partial charge on any atom is 0.242 e. The van der Waals surface area contributed by atoms with Gasteiger partial charge in [-0.05, 0) is 19.9 Å². The largest absolute Gasteiger partial charge is 0.384 e. The van der Waals surface area contributed by atoms with Crippen molar-refractivity contribution in [3.05, 3.63) is 47.5 Å². The molecule has 0 aliphatic carbocycles. The third-order valence-electron chi connectivity index (χ3n) is 2.90. The molecular formula is C14H17FN4O2. The number of aliphatic hydroxyl groups is 1. The Bertz CT molecular complexity index is 634. The highest BCUT2D eigenvalue weighted by atomic mass is 19.1. The average Bonchev–Trinajstić information content (AvgIpc) is 2.86. The zero-order chi connectivity index (χ0) is 15.5. The van der Waals surface area contributed by atoms with Crippen molar-refractivity contribution < 1.29 is 14.3 Å². The van der Waals surface area contributed by atoms with Gasteiger partial charge in [-0.15, -0.1) is 5.10 Å². The fourth-order valence-electron chi connectivity index (χ4n) is 1.69. The zero-order valence-corrected chi connectivity index (χ0v) is 11.9. The van der Waals surface area contributed by atoms with Crippen LogP contribution in [0, 0.1) is 5.82 Å². The Labute approximate surface area is 121 Å². The van der Waals surface area contributed by atoms with Gasteiger partial charge < -0.3 is 10.4 Å². The number of amides is 1. The molecule has 1 amide bonds. The third kappa shape index (κ3) is 4.09. The number of halogens is 1. The lowest BCUT2D eigenvalue weighted by molar-refractivity contribution is -0.122. The van der Waals surface area contributed by atoms with E-state index in [-0.39, 0.29) is 24.8 Å². The van der Waals surface area contributed by atoms with Gasteiger partial charge in [-0.3, -0.25) is 4.79 Å². The lowest BCUT2D eigenvalue weighted by Gasteiger charge is -2.11. The van der Waals surface area contributed by atoms with Crippen LogP contribution >= 0.6 is 0 Å². The molecule has 112 valence electrons. The number of carbonyl (C=O) groups is 1. The zero-order valence-electron chi connectivity index (χ0n) is 11.9. The molecule has 0 saturated heterocycles. The van der Waals surface area contributed by atoms with Crippen LogP contribution < -0.4 is 5.32 Å². The van der Waals surface area contributed by atoms with Crippen LogP contribution in [0.3, 0.4) is 0 Å². The van der Waals surface area contributed by atoms with Crippen molar-refractivity contribution in [2.24, 2.45) is 0 Å². The first-order valence-corrected chi connectivity index (χ1v) is 6.49. The molecule has 2 rings (SSSR count). The van der Waals surface area contributed by atoms with Gasteiger partial charge >= 0.3 is 0 Å². The van der Waals surface area contributed by atoms with E-state index >= 15 is 0 Å². The quantitative estimate of drug-likeness (QED) is 0.860. The van der Waals surface area contributed by atoms with Crippen LogP contribution in [0.4, 0.5) is 4.39 Å². The molecule has 0 bridgehead atoms. The fraction of sp³-hybridized carbons (Fsp3) is 0.357. The van der Waals surface area contributed by atoms with E-state index in [0.29, 0.717) is 11.3 Å². The molecule has 0 spiro atoms. The molecule has 0 radical (unpaired) electrons. The van der Waals surface area contributed by atoms with Crippen LogP contribution in [0.1, 0.15) is 25.1 Å². The van der Waals surface area contributed by atoms with Crippen molar-refractivity contribution in [1.82, 2.24) is 20.3 Å². The van der Waals surface area contributed by atoms with E-state index in [0.717, 1.165) is 0 Å². The van der Waals surface area contributed by atoms with Gasteiger partial charge in [0.2, 0.25) is 5.91 Å². The molecular weight excluding hydrogens is 275 g/mol. The van der Waals surface area contributed by atoms with E-state index in [1.807, 2.05) is 0 Å². The maximum atomic E-state index is 13.4. The lowest BCUT2D eigenvalue weighted by Crippen LogP contribution is -2.27. The highest BCUT2D eigenvalue weighted by Gasteiger charge is 2.20. The standard InChI is InChI=1S/C14H17FN4O2/c1-14(2,21)12-8-19(18-17-12)9-13(20)16-7-10-5-3-4-6-11(10)15/h3-6,8,21H,7,9H2,1-2H3,(H,16,20). The Morgan fingerprint density at radius 2 is 2.14 bits per heavy atom. The molecule has 0 aliphatic heterocycles. The van der Waals surface area contributed by atoms with Gasteiger partial charge in [0.1, 0.15) is 23.7 Å². The lowest BCUT2D eigenvalue weighted by atomic mass is 10.1. The van der Waals surface area contributed by atoms with Crippen molar-refractivity contribution in [1.29, 1.82) is 0 Å². The minimum atomic E-state index is -1.11. The van der Waals surface area contributed by atoms with Gasteiger partial charge in [0.15, 0.2) is 0 Å². The summed E-state index contributed by atoms with van der Waals surface area (Å²) in [6.45, 7) is 3.23. The highest BCUT2D eigenvalue weighted by molar-refractivity contribution is 5.75. The van der Waals surface area contributed by atoms with Crippen molar-refractivity contribution in [3.63, 3.8) is 0 Å². The number of carbonyl (C=O) groups excluding carboxylic acids is 1. The number of hydrogen-bond donors (Lipinski definition) is 2. The maximum absolute atomic E-state index is 13.4. The Balaban J connectivity index is 1.90. The number of rotatable bonds is 5. The van der Waals surface area contributed by atoms with Gasteiger partial charge in [-0.2, -0.15) is 0 Å². The molecule has 0 atom stereocenters.